The molecule has 0 fully saturated rings. The average molecular weight is 403 g/mol. The molecule has 148 valence electrons. The highest BCUT2D eigenvalue weighted by molar-refractivity contribution is 5.93. The number of hydrogen-bond donors (Lipinski definition) is 2. The van der Waals surface area contributed by atoms with Crippen LogP contribution < -0.4 is 5.32 Å². The fourth-order valence-electron chi connectivity index (χ4n) is 3.59. The number of nitrogens with zero attached hydrogens (tertiary/aromatic N) is 4. The van der Waals surface area contributed by atoms with Crippen LogP contribution in [0.4, 0.5) is 11.6 Å². The van der Waals surface area contributed by atoms with Crippen LogP contribution in [0.2, 0.25) is 0 Å². The maximum Gasteiger partial charge on any atom is 0.432 e. The molecular formula is C19H23ClN6O2. The third-order valence-electron chi connectivity index (χ3n) is 4.95. The Balaban J connectivity index is 0.00000225. The molecule has 1 aliphatic heterocycles. The van der Waals surface area contributed by atoms with Gasteiger partial charge in [-0.3, -0.25) is 4.98 Å². The van der Waals surface area contributed by atoms with Gasteiger partial charge in [-0.05, 0) is 24.5 Å². The number of rotatable bonds is 6. The van der Waals surface area contributed by atoms with Gasteiger partial charge in [0.2, 0.25) is 0 Å². The Bertz CT molecular complexity index is 990. The van der Waals surface area contributed by atoms with Crippen LogP contribution in [0.5, 0.6) is 0 Å². The van der Waals surface area contributed by atoms with Crippen molar-refractivity contribution in [1.29, 1.82) is 0 Å². The third-order valence-corrected chi connectivity index (χ3v) is 4.95. The van der Waals surface area contributed by atoms with E-state index in [1.807, 2.05) is 12.1 Å². The SMILES string of the molecule is CN1CCc2nc3ccccc3c(NCCCc3cnc([N+](=O)[O-])[nH]3)c2C1.Cl. The fraction of sp³-hybridized carbons (Fsp3) is 0.368. The number of anilines is 1. The molecule has 0 saturated heterocycles. The van der Waals surface area contributed by atoms with E-state index in [1.165, 1.54) is 17.5 Å². The van der Waals surface area contributed by atoms with E-state index in [4.69, 9.17) is 4.98 Å². The fourth-order valence-corrected chi connectivity index (χ4v) is 3.59. The molecule has 0 amide bonds. The summed E-state index contributed by atoms with van der Waals surface area (Å²) in [5.41, 5.74) is 5.42. The van der Waals surface area contributed by atoms with Crippen LogP contribution in [0.1, 0.15) is 23.4 Å². The highest BCUT2D eigenvalue weighted by atomic mass is 35.5. The van der Waals surface area contributed by atoms with Crippen LogP contribution in [0, 0.1) is 10.1 Å². The Labute approximate surface area is 168 Å². The first-order valence-corrected chi connectivity index (χ1v) is 9.13. The normalized spacial score (nSPS) is 13.8. The number of fused-ring (bicyclic) bond motifs is 2. The summed E-state index contributed by atoms with van der Waals surface area (Å²) in [6, 6.07) is 8.23. The Kier molecular flexibility index (Phi) is 6.11. The van der Waals surface area contributed by atoms with E-state index in [9.17, 15) is 10.1 Å². The molecule has 0 bridgehead atoms. The van der Waals surface area contributed by atoms with Gasteiger partial charge in [0, 0.05) is 54.8 Å². The summed E-state index contributed by atoms with van der Waals surface area (Å²) in [5.74, 6) is -0.199. The summed E-state index contributed by atoms with van der Waals surface area (Å²) < 4.78 is 0. The molecule has 1 aliphatic rings. The molecule has 0 unspecified atom stereocenters. The smallest absolute Gasteiger partial charge is 0.390 e. The maximum absolute atomic E-state index is 10.7. The number of imidazole rings is 1. The highest BCUT2D eigenvalue weighted by Gasteiger charge is 2.20. The molecule has 8 nitrogen and oxygen atoms in total. The van der Waals surface area contributed by atoms with Gasteiger partial charge in [-0.25, -0.2) is 4.98 Å². The van der Waals surface area contributed by atoms with Gasteiger partial charge in [0.15, 0.2) is 0 Å². The number of likely N-dealkylation sites (N-methyl/N-ethyl adjacent to an activating group) is 1. The van der Waals surface area contributed by atoms with Crippen molar-refractivity contribution in [3.63, 3.8) is 0 Å². The van der Waals surface area contributed by atoms with Gasteiger partial charge < -0.3 is 20.3 Å². The number of aromatic amines is 1. The largest absolute Gasteiger partial charge is 0.432 e. The molecule has 4 rings (SSSR count). The Morgan fingerprint density at radius 1 is 1.36 bits per heavy atom. The number of H-pyrrole nitrogens is 1. The number of pyridine rings is 1. The minimum Gasteiger partial charge on any atom is -0.390 e. The Morgan fingerprint density at radius 3 is 2.96 bits per heavy atom. The van der Waals surface area contributed by atoms with Crippen LogP contribution in [-0.2, 0) is 19.4 Å². The molecule has 3 aromatic rings. The summed E-state index contributed by atoms with van der Waals surface area (Å²) in [6.45, 7) is 2.69. The average Bonchev–Trinajstić information content (AvgIpc) is 3.14. The molecule has 3 heterocycles. The lowest BCUT2D eigenvalue weighted by Gasteiger charge is -2.27. The molecule has 0 aliphatic carbocycles. The third kappa shape index (κ3) is 4.07. The number of para-hydroxylation sites is 1. The van der Waals surface area contributed by atoms with Crippen molar-refractivity contribution in [1.82, 2.24) is 19.9 Å². The minimum atomic E-state index is -0.506. The zero-order chi connectivity index (χ0) is 18.8. The quantitative estimate of drug-likeness (QED) is 0.372. The van der Waals surface area contributed by atoms with Gasteiger partial charge in [-0.15, -0.1) is 12.4 Å². The van der Waals surface area contributed by atoms with Gasteiger partial charge in [0.1, 0.15) is 11.9 Å². The highest BCUT2D eigenvalue weighted by Crippen LogP contribution is 2.31. The number of halogens is 1. The molecule has 0 atom stereocenters. The van der Waals surface area contributed by atoms with Gasteiger partial charge >= 0.3 is 5.95 Å². The van der Waals surface area contributed by atoms with Crippen molar-refractivity contribution in [3.8, 4) is 0 Å². The summed E-state index contributed by atoms with van der Waals surface area (Å²) in [6.07, 6.45) is 4.06. The number of benzene rings is 1. The lowest BCUT2D eigenvalue weighted by molar-refractivity contribution is -0.393. The zero-order valence-electron chi connectivity index (χ0n) is 15.6. The second kappa shape index (κ2) is 8.53. The summed E-state index contributed by atoms with van der Waals surface area (Å²) in [7, 11) is 2.13. The Morgan fingerprint density at radius 2 is 2.18 bits per heavy atom. The van der Waals surface area contributed by atoms with E-state index in [0.29, 0.717) is 6.42 Å². The second-order valence-corrected chi connectivity index (χ2v) is 6.94. The first kappa shape index (κ1) is 20.0. The van der Waals surface area contributed by atoms with Crippen LogP contribution in [0.3, 0.4) is 0 Å². The molecular weight excluding hydrogens is 380 g/mol. The number of hydrogen-bond acceptors (Lipinski definition) is 6. The van der Waals surface area contributed by atoms with E-state index in [0.717, 1.165) is 54.8 Å². The van der Waals surface area contributed by atoms with Crippen LogP contribution in [0.25, 0.3) is 10.9 Å². The maximum atomic E-state index is 10.7. The molecule has 0 saturated carbocycles. The van der Waals surface area contributed by atoms with Crippen molar-refractivity contribution < 1.29 is 4.92 Å². The van der Waals surface area contributed by atoms with E-state index in [-0.39, 0.29) is 18.4 Å². The van der Waals surface area contributed by atoms with Gasteiger partial charge in [-0.2, -0.15) is 0 Å². The lowest BCUT2D eigenvalue weighted by Crippen LogP contribution is -2.28. The molecule has 1 aromatic carbocycles. The predicted octanol–water partition coefficient (Wildman–Crippen LogP) is 3.32. The lowest BCUT2D eigenvalue weighted by atomic mass is 10.00. The Hall–Kier alpha value is -2.71. The molecule has 0 spiro atoms. The van der Waals surface area contributed by atoms with E-state index < -0.39 is 4.92 Å². The van der Waals surface area contributed by atoms with Crippen LogP contribution >= 0.6 is 12.4 Å². The first-order chi connectivity index (χ1) is 13.1. The molecule has 2 N–H and O–H groups in total. The van der Waals surface area contributed by atoms with Crippen molar-refractivity contribution in [2.24, 2.45) is 0 Å². The zero-order valence-corrected chi connectivity index (χ0v) is 16.5. The number of nitrogens with one attached hydrogen (secondary N) is 2. The van der Waals surface area contributed by atoms with Crippen molar-refractivity contribution in [2.45, 2.75) is 25.8 Å². The first-order valence-electron chi connectivity index (χ1n) is 9.13. The van der Waals surface area contributed by atoms with Crippen molar-refractivity contribution >= 4 is 34.9 Å². The van der Waals surface area contributed by atoms with Crippen LogP contribution in [-0.4, -0.2) is 44.9 Å². The molecule has 9 heteroatoms. The second-order valence-electron chi connectivity index (χ2n) is 6.94. The summed E-state index contributed by atoms with van der Waals surface area (Å²) in [4.78, 5) is 23.9. The summed E-state index contributed by atoms with van der Waals surface area (Å²) >= 11 is 0. The van der Waals surface area contributed by atoms with Gasteiger partial charge in [-0.1, -0.05) is 23.2 Å². The van der Waals surface area contributed by atoms with E-state index in [2.05, 4.69) is 39.4 Å². The van der Waals surface area contributed by atoms with Crippen molar-refractivity contribution in [2.75, 3.05) is 25.5 Å². The standard InChI is InChI=1S/C19H22N6O2.ClH/c1-24-10-8-17-15(12-24)18(14-6-2-3-7-16(14)23-17)20-9-4-5-13-11-21-19(22-13)25(26)27;/h2-3,6-7,11H,4-5,8-10,12H2,1H3,(H,20,23)(H,21,22);1H. The molecule has 2 aromatic heterocycles. The number of aromatic nitrogens is 3. The van der Waals surface area contributed by atoms with E-state index in [1.54, 1.807) is 0 Å². The van der Waals surface area contributed by atoms with Crippen molar-refractivity contribution in [3.05, 3.63) is 57.5 Å². The van der Waals surface area contributed by atoms with Gasteiger partial charge in [0.25, 0.3) is 0 Å². The van der Waals surface area contributed by atoms with Crippen LogP contribution in [0.15, 0.2) is 30.5 Å². The van der Waals surface area contributed by atoms with Gasteiger partial charge in [0.05, 0.1) is 5.52 Å². The number of aryl methyl sites for hydroxylation is 1. The monoisotopic (exact) mass is 402 g/mol. The topological polar surface area (TPSA) is 100.0 Å². The van der Waals surface area contributed by atoms with E-state index >= 15 is 0 Å². The molecule has 28 heavy (non-hydrogen) atoms. The molecule has 0 radical (unpaired) electrons. The summed E-state index contributed by atoms with van der Waals surface area (Å²) in [5, 5.41) is 15.4. The predicted molar refractivity (Wildman–Crippen MR) is 111 cm³/mol. The minimum absolute atomic E-state index is 0. The number of nitro groups is 1.